The molecule has 1 amide bonds. The number of para-hydroxylation sites is 1. The number of carbonyl (C=O) groups is 1. The molecule has 7 heteroatoms. The van der Waals surface area contributed by atoms with Crippen molar-refractivity contribution in [3.8, 4) is 5.75 Å². The second-order valence-electron chi connectivity index (χ2n) is 6.34. The smallest absolute Gasteiger partial charge is 0.261 e. The van der Waals surface area contributed by atoms with Gasteiger partial charge in [0.1, 0.15) is 18.5 Å². The van der Waals surface area contributed by atoms with Crippen molar-refractivity contribution in [1.82, 2.24) is 9.55 Å². The number of carbonyl (C=O) groups excluding carboxylic acids is 1. The highest BCUT2D eigenvalue weighted by Gasteiger charge is 2.11. The van der Waals surface area contributed by atoms with E-state index in [1.165, 1.54) is 17.8 Å². The Kier molecular flexibility index (Phi) is 5.52. The van der Waals surface area contributed by atoms with E-state index in [9.17, 15) is 14.7 Å². The molecule has 0 bridgehead atoms. The molecule has 7 nitrogen and oxygen atoms in total. The zero-order valence-corrected chi connectivity index (χ0v) is 15.2. The number of aryl methyl sites for hydroxylation is 1. The predicted molar refractivity (Wildman–Crippen MR) is 103 cm³/mol. The summed E-state index contributed by atoms with van der Waals surface area (Å²) in [6.45, 7) is 3.45. The molecule has 0 fully saturated rings. The van der Waals surface area contributed by atoms with Gasteiger partial charge in [0.15, 0.2) is 0 Å². The summed E-state index contributed by atoms with van der Waals surface area (Å²) in [7, 11) is 0. The topological polar surface area (TPSA) is 93.4 Å². The van der Waals surface area contributed by atoms with Gasteiger partial charge in [0.25, 0.3) is 5.56 Å². The lowest BCUT2D eigenvalue weighted by atomic mass is 10.1. The summed E-state index contributed by atoms with van der Waals surface area (Å²) in [4.78, 5) is 27.9. The van der Waals surface area contributed by atoms with Gasteiger partial charge in [0.05, 0.1) is 23.8 Å². The summed E-state index contributed by atoms with van der Waals surface area (Å²) in [5, 5.41) is 13.4. The average molecular weight is 367 g/mol. The van der Waals surface area contributed by atoms with E-state index in [2.05, 4.69) is 10.3 Å². The number of nitrogens with one attached hydrogen (secondary N) is 1. The Morgan fingerprint density at radius 3 is 2.70 bits per heavy atom. The summed E-state index contributed by atoms with van der Waals surface area (Å²) in [6, 6.07) is 12.3. The maximum absolute atomic E-state index is 12.6. The molecule has 0 spiro atoms. The molecular weight excluding hydrogens is 346 g/mol. The average Bonchev–Trinajstić information content (AvgIpc) is 2.63. The molecule has 0 aliphatic heterocycles. The summed E-state index contributed by atoms with van der Waals surface area (Å²) in [5.74, 6) is 0.409. The van der Waals surface area contributed by atoms with Crippen molar-refractivity contribution in [2.75, 3.05) is 11.9 Å². The van der Waals surface area contributed by atoms with Gasteiger partial charge < -0.3 is 15.2 Å². The standard InChI is InChI=1S/C20H21N3O4/c1-13-4-3-5-18-19(13)21-12-23(20(18)26)10-16(25)11-27-17-8-6-15(7-9-17)22-14(2)24/h3-9,12,16,25H,10-11H2,1-2H3,(H,22,24). The number of rotatable bonds is 6. The van der Waals surface area contributed by atoms with Crippen LogP contribution in [0.4, 0.5) is 5.69 Å². The molecule has 3 aromatic rings. The predicted octanol–water partition coefficient (Wildman–Crippen LogP) is 2.10. The first-order valence-electron chi connectivity index (χ1n) is 8.57. The quantitative estimate of drug-likeness (QED) is 0.696. The maximum atomic E-state index is 12.6. The number of fused-ring (bicyclic) bond motifs is 1. The number of amides is 1. The zero-order valence-electron chi connectivity index (χ0n) is 15.2. The van der Waals surface area contributed by atoms with Crippen LogP contribution in [0, 0.1) is 6.92 Å². The van der Waals surface area contributed by atoms with Gasteiger partial charge in [-0.25, -0.2) is 4.98 Å². The molecule has 27 heavy (non-hydrogen) atoms. The summed E-state index contributed by atoms with van der Waals surface area (Å²) < 4.78 is 6.93. The third-order valence-corrected chi connectivity index (χ3v) is 4.08. The first-order chi connectivity index (χ1) is 12.9. The van der Waals surface area contributed by atoms with E-state index in [0.717, 1.165) is 5.56 Å². The van der Waals surface area contributed by atoms with Crippen LogP contribution in [0.15, 0.2) is 53.6 Å². The van der Waals surface area contributed by atoms with Gasteiger partial charge in [0, 0.05) is 12.6 Å². The van der Waals surface area contributed by atoms with Crippen LogP contribution in [0.5, 0.6) is 5.75 Å². The molecule has 140 valence electrons. The van der Waals surface area contributed by atoms with Crippen LogP contribution in [0.2, 0.25) is 0 Å². The van der Waals surface area contributed by atoms with Crippen LogP contribution in [0.3, 0.4) is 0 Å². The molecule has 0 radical (unpaired) electrons. The Balaban J connectivity index is 1.63. The number of hydrogen-bond acceptors (Lipinski definition) is 5. The fraction of sp³-hybridized carbons (Fsp3) is 0.250. The van der Waals surface area contributed by atoms with Gasteiger partial charge in [-0.2, -0.15) is 0 Å². The molecular formula is C20H21N3O4. The largest absolute Gasteiger partial charge is 0.491 e. The van der Waals surface area contributed by atoms with Crippen LogP contribution >= 0.6 is 0 Å². The molecule has 0 saturated carbocycles. The number of ether oxygens (including phenoxy) is 1. The van der Waals surface area contributed by atoms with E-state index >= 15 is 0 Å². The lowest BCUT2D eigenvalue weighted by molar-refractivity contribution is -0.114. The maximum Gasteiger partial charge on any atom is 0.261 e. The van der Waals surface area contributed by atoms with Gasteiger partial charge in [-0.3, -0.25) is 14.2 Å². The zero-order chi connectivity index (χ0) is 19.4. The highest BCUT2D eigenvalue weighted by molar-refractivity contribution is 5.88. The van der Waals surface area contributed by atoms with Crippen molar-refractivity contribution in [3.05, 3.63) is 64.7 Å². The number of nitrogens with zero attached hydrogens (tertiary/aromatic N) is 2. The van der Waals surface area contributed by atoms with Crippen LogP contribution in [-0.2, 0) is 11.3 Å². The Hall–Kier alpha value is -3.19. The van der Waals surface area contributed by atoms with Crippen molar-refractivity contribution < 1.29 is 14.6 Å². The molecule has 0 saturated heterocycles. The minimum absolute atomic E-state index is 0.0256. The molecule has 1 aromatic heterocycles. The second kappa shape index (κ2) is 8.01. The Morgan fingerprint density at radius 2 is 2.00 bits per heavy atom. The monoisotopic (exact) mass is 367 g/mol. The molecule has 0 aliphatic carbocycles. The normalized spacial score (nSPS) is 12.0. The van der Waals surface area contributed by atoms with Crippen LogP contribution in [0.1, 0.15) is 12.5 Å². The lowest BCUT2D eigenvalue weighted by Crippen LogP contribution is -2.30. The van der Waals surface area contributed by atoms with Crippen LogP contribution < -0.4 is 15.6 Å². The highest BCUT2D eigenvalue weighted by Crippen LogP contribution is 2.16. The Morgan fingerprint density at radius 1 is 1.26 bits per heavy atom. The minimum atomic E-state index is -0.873. The number of hydrogen-bond donors (Lipinski definition) is 2. The first kappa shape index (κ1) is 18.6. The van der Waals surface area contributed by atoms with Crippen molar-refractivity contribution in [2.45, 2.75) is 26.5 Å². The van der Waals surface area contributed by atoms with E-state index in [1.54, 1.807) is 30.3 Å². The Labute approximate surface area is 156 Å². The molecule has 1 atom stereocenters. The SMILES string of the molecule is CC(=O)Nc1ccc(OCC(O)Cn2cnc3c(C)cccc3c2=O)cc1. The third kappa shape index (κ3) is 4.51. The summed E-state index contributed by atoms with van der Waals surface area (Å²) in [5.41, 5.74) is 2.08. The van der Waals surface area contributed by atoms with E-state index in [4.69, 9.17) is 4.74 Å². The number of aromatic nitrogens is 2. The highest BCUT2D eigenvalue weighted by atomic mass is 16.5. The van der Waals surface area contributed by atoms with Gasteiger partial charge in [0.2, 0.25) is 5.91 Å². The van der Waals surface area contributed by atoms with Crippen LogP contribution in [-0.4, -0.2) is 33.3 Å². The number of anilines is 1. The van der Waals surface area contributed by atoms with Gasteiger partial charge in [-0.15, -0.1) is 0 Å². The second-order valence-corrected chi connectivity index (χ2v) is 6.34. The fourth-order valence-electron chi connectivity index (χ4n) is 2.78. The number of aliphatic hydroxyl groups excluding tert-OH is 1. The van der Waals surface area contributed by atoms with E-state index in [1.807, 2.05) is 19.1 Å². The summed E-state index contributed by atoms with van der Waals surface area (Å²) >= 11 is 0. The van der Waals surface area contributed by atoms with Crippen molar-refractivity contribution in [1.29, 1.82) is 0 Å². The van der Waals surface area contributed by atoms with E-state index in [0.29, 0.717) is 22.3 Å². The molecule has 1 heterocycles. The molecule has 1 unspecified atom stereocenters. The fourth-order valence-corrected chi connectivity index (χ4v) is 2.78. The Bertz CT molecular complexity index is 1010. The van der Waals surface area contributed by atoms with Crippen molar-refractivity contribution >= 4 is 22.5 Å². The van der Waals surface area contributed by atoms with Crippen molar-refractivity contribution in [3.63, 3.8) is 0 Å². The lowest BCUT2D eigenvalue weighted by Gasteiger charge is -2.14. The molecule has 3 rings (SSSR count). The van der Waals surface area contributed by atoms with Gasteiger partial charge >= 0.3 is 0 Å². The molecule has 2 N–H and O–H groups in total. The van der Waals surface area contributed by atoms with E-state index < -0.39 is 6.10 Å². The number of aliphatic hydroxyl groups is 1. The van der Waals surface area contributed by atoms with Gasteiger partial charge in [-0.05, 0) is 42.8 Å². The van der Waals surface area contributed by atoms with Crippen molar-refractivity contribution in [2.24, 2.45) is 0 Å². The molecule has 0 aliphatic rings. The van der Waals surface area contributed by atoms with E-state index in [-0.39, 0.29) is 24.6 Å². The number of benzene rings is 2. The van der Waals surface area contributed by atoms with Gasteiger partial charge in [-0.1, -0.05) is 12.1 Å². The summed E-state index contributed by atoms with van der Waals surface area (Å²) in [6.07, 6.45) is 0.574. The first-order valence-corrected chi connectivity index (χ1v) is 8.57. The minimum Gasteiger partial charge on any atom is -0.491 e. The molecule has 2 aromatic carbocycles. The third-order valence-electron chi connectivity index (χ3n) is 4.08. The van der Waals surface area contributed by atoms with Crippen LogP contribution in [0.25, 0.3) is 10.9 Å².